The molecule has 0 aromatic heterocycles. The molecule has 1 aliphatic carbocycles. The number of aryl methyl sites for hydroxylation is 1. The predicted octanol–water partition coefficient (Wildman–Crippen LogP) is 2.77. The van der Waals surface area contributed by atoms with Gasteiger partial charge in [-0.05, 0) is 57.1 Å². The average Bonchev–Trinajstić information content (AvgIpc) is 2.50. The van der Waals surface area contributed by atoms with Gasteiger partial charge in [-0.1, -0.05) is 25.3 Å². The maximum Gasteiger partial charge on any atom is 0.119 e. The lowest BCUT2D eigenvalue weighted by Gasteiger charge is -2.48. The summed E-state index contributed by atoms with van der Waals surface area (Å²) in [7, 11) is 6.05. The molecule has 1 aromatic rings. The van der Waals surface area contributed by atoms with Gasteiger partial charge in [0.2, 0.25) is 0 Å². The monoisotopic (exact) mass is 291 g/mol. The van der Waals surface area contributed by atoms with Crippen molar-refractivity contribution in [2.45, 2.75) is 50.6 Å². The summed E-state index contributed by atoms with van der Waals surface area (Å²) >= 11 is 0. The van der Waals surface area contributed by atoms with E-state index in [1.807, 2.05) is 6.07 Å². The van der Waals surface area contributed by atoms with E-state index in [0.717, 1.165) is 5.75 Å². The average molecular weight is 291 g/mol. The van der Waals surface area contributed by atoms with E-state index < -0.39 is 0 Å². The van der Waals surface area contributed by atoms with Crippen molar-refractivity contribution >= 4 is 0 Å². The molecule has 4 heteroatoms. The first kappa shape index (κ1) is 16.3. The van der Waals surface area contributed by atoms with Crippen molar-refractivity contribution < 1.29 is 4.74 Å². The molecule has 0 spiro atoms. The third-order valence-electron chi connectivity index (χ3n) is 5.10. The molecular formula is C17H29N3O. The van der Waals surface area contributed by atoms with Crippen LogP contribution in [0, 0.1) is 6.92 Å². The fourth-order valence-electron chi connectivity index (χ4n) is 3.79. The lowest BCUT2D eigenvalue weighted by atomic mass is 9.72. The Kier molecular flexibility index (Phi) is 5.25. The second kappa shape index (κ2) is 6.77. The number of rotatable bonds is 5. The molecule has 1 saturated carbocycles. The highest BCUT2D eigenvalue weighted by Gasteiger charge is 2.42. The normalized spacial score (nSPS) is 19.5. The Bertz CT molecular complexity index is 467. The van der Waals surface area contributed by atoms with Crippen LogP contribution in [0.2, 0.25) is 0 Å². The second-order valence-electron chi connectivity index (χ2n) is 6.38. The summed E-state index contributed by atoms with van der Waals surface area (Å²) in [5.41, 5.74) is 5.69. The zero-order valence-corrected chi connectivity index (χ0v) is 13.8. The molecule has 1 atom stereocenters. The van der Waals surface area contributed by atoms with Crippen molar-refractivity contribution in [2.75, 3.05) is 21.2 Å². The number of nitrogens with one attached hydrogen (secondary N) is 1. The van der Waals surface area contributed by atoms with Gasteiger partial charge in [-0.25, -0.2) is 0 Å². The van der Waals surface area contributed by atoms with E-state index in [0.29, 0.717) is 0 Å². The van der Waals surface area contributed by atoms with Crippen molar-refractivity contribution in [2.24, 2.45) is 5.84 Å². The first-order valence-electron chi connectivity index (χ1n) is 7.83. The summed E-state index contributed by atoms with van der Waals surface area (Å²) in [4.78, 5) is 2.36. The van der Waals surface area contributed by atoms with Crippen molar-refractivity contribution in [3.05, 3.63) is 29.3 Å². The number of hydrogen-bond acceptors (Lipinski definition) is 4. The highest BCUT2D eigenvalue weighted by Crippen LogP contribution is 2.42. The van der Waals surface area contributed by atoms with Crippen LogP contribution in [-0.2, 0) is 0 Å². The van der Waals surface area contributed by atoms with Crippen molar-refractivity contribution in [1.29, 1.82) is 0 Å². The number of methoxy groups -OCH3 is 1. The largest absolute Gasteiger partial charge is 0.497 e. The fraction of sp³-hybridized carbons (Fsp3) is 0.647. The number of benzene rings is 1. The molecule has 1 fully saturated rings. The van der Waals surface area contributed by atoms with E-state index >= 15 is 0 Å². The Labute approximate surface area is 128 Å². The third-order valence-corrected chi connectivity index (χ3v) is 5.10. The van der Waals surface area contributed by atoms with Gasteiger partial charge in [0.1, 0.15) is 5.75 Å². The molecule has 1 aromatic carbocycles. The Morgan fingerprint density at radius 1 is 1.24 bits per heavy atom. The van der Waals surface area contributed by atoms with Crippen LogP contribution in [0.3, 0.4) is 0 Å². The maximum absolute atomic E-state index is 5.99. The quantitative estimate of drug-likeness (QED) is 0.647. The molecule has 3 N–H and O–H groups in total. The first-order chi connectivity index (χ1) is 10.0. The fourth-order valence-corrected chi connectivity index (χ4v) is 3.79. The molecule has 0 bridgehead atoms. The van der Waals surface area contributed by atoms with Gasteiger partial charge in [0.15, 0.2) is 0 Å². The smallest absolute Gasteiger partial charge is 0.119 e. The van der Waals surface area contributed by atoms with Crippen molar-refractivity contribution in [3.8, 4) is 5.75 Å². The summed E-state index contributed by atoms with van der Waals surface area (Å²) in [6.45, 7) is 2.13. The third kappa shape index (κ3) is 3.07. The van der Waals surface area contributed by atoms with Gasteiger partial charge >= 0.3 is 0 Å². The van der Waals surface area contributed by atoms with Crippen LogP contribution in [0.15, 0.2) is 18.2 Å². The van der Waals surface area contributed by atoms with E-state index in [2.05, 4.69) is 43.5 Å². The number of nitrogens with two attached hydrogens (primary N) is 1. The molecule has 1 aliphatic rings. The minimum atomic E-state index is 0.0896. The van der Waals surface area contributed by atoms with Crippen LogP contribution < -0.4 is 16.0 Å². The number of nitrogens with zero attached hydrogens (tertiary/aromatic N) is 1. The molecule has 4 nitrogen and oxygen atoms in total. The van der Waals surface area contributed by atoms with Crippen LogP contribution in [0.4, 0.5) is 0 Å². The van der Waals surface area contributed by atoms with Gasteiger partial charge in [-0.15, -0.1) is 0 Å². The van der Waals surface area contributed by atoms with Gasteiger partial charge in [0.25, 0.3) is 0 Å². The highest BCUT2D eigenvalue weighted by atomic mass is 16.5. The molecule has 0 saturated heterocycles. The highest BCUT2D eigenvalue weighted by molar-refractivity contribution is 5.38. The van der Waals surface area contributed by atoms with E-state index in [-0.39, 0.29) is 11.6 Å². The van der Waals surface area contributed by atoms with Gasteiger partial charge in [0.05, 0.1) is 13.2 Å². The van der Waals surface area contributed by atoms with E-state index in [4.69, 9.17) is 10.6 Å². The molecule has 0 heterocycles. The minimum Gasteiger partial charge on any atom is -0.497 e. The van der Waals surface area contributed by atoms with Gasteiger partial charge in [0, 0.05) is 5.54 Å². The van der Waals surface area contributed by atoms with Crippen molar-refractivity contribution in [1.82, 2.24) is 10.3 Å². The number of hydrogen-bond donors (Lipinski definition) is 2. The number of ether oxygens (including phenoxy) is 1. The summed E-state index contributed by atoms with van der Waals surface area (Å²) in [5, 5.41) is 0. The van der Waals surface area contributed by atoms with Crippen LogP contribution in [-0.4, -0.2) is 31.6 Å². The Morgan fingerprint density at radius 3 is 2.38 bits per heavy atom. The summed E-state index contributed by atoms with van der Waals surface area (Å²) in [5.74, 6) is 6.89. The molecular weight excluding hydrogens is 262 g/mol. The summed E-state index contributed by atoms with van der Waals surface area (Å²) in [6.07, 6.45) is 6.23. The maximum atomic E-state index is 5.99. The molecule has 2 rings (SSSR count). The molecule has 1 unspecified atom stereocenters. The van der Waals surface area contributed by atoms with E-state index in [1.54, 1.807) is 7.11 Å². The van der Waals surface area contributed by atoms with Gasteiger partial charge < -0.3 is 9.64 Å². The van der Waals surface area contributed by atoms with E-state index in [9.17, 15) is 0 Å². The predicted molar refractivity (Wildman–Crippen MR) is 87.3 cm³/mol. The Balaban J connectivity index is 2.41. The second-order valence-corrected chi connectivity index (χ2v) is 6.38. The summed E-state index contributed by atoms with van der Waals surface area (Å²) in [6, 6.07) is 6.40. The van der Waals surface area contributed by atoms with Crippen LogP contribution in [0.5, 0.6) is 5.75 Å². The van der Waals surface area contributed by atoms with Crippen molar-refractivity contribution in [3.63, 3.8) is 0 Å². The zero-order chi connectivity index (χ0) is 15.5. The standard InChI is InChI=1S/C17H29N3O/c1-13-12-14(21-4)8-9-15(13)16(19-18)17(20(2)3)10-6-5-7-11-17/h8-9,12,16,19H,5-7,10-11,18H2,1-4H3. The number of likely N-dealkylation sites (N-methyl/N-ethyl adjacent to an activating group) is 1. The van der Waals surface area contributed by atoms with E-state index in [1.165, 1.54) is 43.2 Å². The molecule has 0 amide bonds. The van der Waals surface area contributed by atoms with Crippen LogP contribution >= 0.6 is 0 Å². The Morgan fingerprint density at radius 2 is 1.90 bits per heavy atom. The first-order valence-corrected chi connectivity index (χ1v) is 7.83. The SMILES string of the molecule is COc1ccc(C(NN)C2(N(C)C)CCCCC2)c(C)c1. The van der Waals surface area contributed by atoms with Crippen LogP contribution in [0.1, 0.15) is 49.3 Å². The lowest BCUT2D eigenvalue weighted by Crippen LogP contribution is -2.56. The van der Waals surface area contributed by atoms with Gasteiger partial charge in [-0.2, -0.15) is 0 Å². The zero-order valence-electron chi connectivity index (χ0n) is 13.8. The minimum absolute atomic E-state index is 0.0896. The lowest BCUT2D eigenvalue weighted by molar-refractivity contribution is 0.0561. The van der Waals surface area contributed by atoms with Gasteiger partial charge in [-0.3, -0.25) is 11.3 Å². The topological polar surface area (TPSA) is 50.5 Å². The van der Waals surface area contributed by atoms with Crippen LogP contribution in [0.25, 0.3) is 0 Å². The molecule has 0 radical (unpaired) electrons. The number of hydrazine groups is 1. The molecule has 21 heavy (non-hydrogen) atoms. The Hall–Kier alpha value is -1.10. The molecule has 0 aliphatic heterocycles. The summed E-state index contributed by atoms with van der Waals surface area (Å²) < 4.78 is 5.32. The molecule has 118 valence electrons.